The summed E-state index contributed by atoms with van der Waals surface area (Å²) in [7, 11) is 1.80. The molecule has 0 unspecified atom stereocenters. The van der Waals surface area contributed by atoms with Crippen LogP contribution in [0.4, 0.5) is 5.69 Å². The molecule has 5 heteroatoms. The van der Waals surface area contributed by atoms with Crippen LogP contribution in [-0.2, 0) is 6.42 Å². The van der Waals surface area contributed by atoms with Crippen LogP contribution >= 0.6 is 0 Å². The monoisotopic (exact) mass is 312 g/mol. The van der Waals surface area contributed by atoms with Crippen LogP contribution in [0.2, 0.25) is 0 Å². The largest absolute Gasteiger partial charge is 0.385 e. The van der Waals surface area contributed by atoms with Crippen LogP contribution in [0.3, 0.4) is 0 Å². The van der Waals surface area contributed by atoms with Gasteiger partial charge in [0.15, 0.2) is 0 Å². The second kappa shape index (κ2) is 8.27. The van der Waals surface area contributed by atoms with Crippen molar-refractivity contribution in [3.8, 4) is 0 Å². The smallest absolute Gasteiger partial charge is 0.272 e. The summed E-state index contributed by atoms with van der Waals surface area (Å²) in [6.07, 6.45) is 6.01. The quantitative estimate of drug-likeness (QED) is 0.854. The van der Waals surface area contributed by atoms with E-state index in [2.05, 4.69) is 29.1 Å². The Morgan fingerprint density at radius 3 is 2.65 bits per heavy atom. The van der Waals surface area contributed by atoms with Gasteiger partial charge < -0.3 is 10.2 Å². The van der Waals surface area contributed by atoms with Gasteiger partial charge in [0.25, 0.3) is 5.91 Å². The number of carbonyl (C=O) groups is 1. The fourth-order valence-electron chi connectivity index (χ4n) is 2.12. The van der Waals surface area contributed by atoms with E-state index in [0.29, 0.717) is 18.2 Å². The van der Waals surface area contributed by atoms with Crippen molar-refractivity contribution in [2.24, 2.45) is 5.92 Å². The molecular weight excluding hydrogens is 288 g/mol. The number of nitrogens with zero attached hydrogens (tertiary/aromatic N) is 3. The highest BCUT2D eigenvalue weighted by Crippen LogP contribution is 2.11. The zero-order valence-corrected chi connectivity index (χ0v) is 14.0. The lowest BCUT2D eigenvalue weighted by molar-refractivity contribution is 0.0791. The number of nitrogens with one attached hydrogen (secondary N) is 1. The minimum absolute atomic E-state index is 0.0627. The first-order chi connectivity index (χ1) is 11.1. The van der Waals surface area contributed by atoms with Crippen LogP contribution in [-0.4, -0.2) is 40.9 Å². The predicted molar refractivity (Wildman–Crippen MR) is 92.5 cm³/mol. The number of hydrogen-bond acceptors (Lipinski definition) is 4. The summed E-state index contributed by atoms with van der Waals surface area (Å²) in [4.78, 5) is 22.4. The van der Waals surface area contributed by atoms with Crippen molar-refractivity contribution in [3.05, 3.63) is 54.1 Å². The molecule has 0 aromatic carbocycles. The van der Waals surface area contributed by atoms with E-state index in [1.54, 1.807) is 30.5 Å². The predicted octanol–water partition coefficient (Wildman–Crippen LogP) is 2.86. The first-order valence-electron chi connectivity index (χ1n) is 7.90. The third kappa shape index (κ3) is 5.36. The van der Waals surface area contributed by atoms with Gasteiger partial charge in [-0.3, -0.25) is 14.8 Å². The summed E-state index contributed by atoms with van der Waals surface area (Å²) in [5.41, 5.74) is 2.57. The fraction of sp³-hybridized carbons (Fsp3) is 0.389. The van der Waals surface area contributed by atoms with Crippen molar-refractivity contribution in [2.75, 3.05) is 25.5 Å². The van der Waals surface area contributed by atoms with Gasteiger partial charge in [-0.25, -0.2) is 0 Å². The highest BCUT2D eigenvalue weighted by molar-refractivity contribution is 5.92. The summed E-state index contributed by atoms with van der Waals surface area (Å²) in [5.74, 6) is 0.484. The number of pyridine rings is 2. The van der Waals surface area contributed by atoms with Crippen molar-refractivity contribution >= 4 is 11.6 Å². The highest BCUT2D eigenvalue weighted by Gasteiger charge is 2.13. The van der Waals surface area contributed by atoms with Gasteiger partial charge >= 0.3 is 0 Å². The molecule has 1 amide bonds. The molecule has 0 saturated heterocycles. The molecule has 2 heterocycles. The molecule has 0 aliphatic heterocycles. The number of hydrogen-bond donors (Lipinski definition) is 1. The molecule has 23 heavy (non-hydrogen) atoms. The second-order valence-electron chi connectivity index (χ2n) is 6.04. The normalized spacial score (nSPS) is 10.6. The molecule has 0 atom stereocenters. The summed E-state index contributed by atoms with van der Waals surface area (Å²) < 4.78 is 0. The molecule has 0 spiro atoms. The number of rotatable bonds is 7. The van der Waals surface area contributed by atoms with E-state index < -0.39 is 0 Å². The Balaban J connectivity index is 1.94. The van der Waals surface area contributed by atoms with Crippen molar-refractivity contribution in [3.63, 3.8) is 0 Å². The second-order valence-corrected chi connectivity index (χ2v) is 6.04. The molecule has 0 fully saturated rings. The topological polar surface area (TPSA) is 58.1 Å². The molecular formula is C18H24N4O. The molecule has 5 nitrogen and oxygen atoms in total. The lowest BCUT2D eigenvalue weighted by Crippen LogP contribution is -2.29. The molecule has 122 valence electrons. The van der Waals surface area contributed by atoms with Gasteiger partial charge in [-0.05, 0) is 42.2 Å². The maximum Gasteiger partial charge on any atom is 0.272 e. The lowest BCUT2D eigenvalue weighted by atomic mass is 10.2. The van der Waals surface area contributed by atoms with Crippen LogP contribution in [0.25, 0.3) is 0 Å². The summed E-state index contributed by atoms with van der Waals surface area (Å²) in [5, 5.41) is 3.32. The SMILES string of the molecule is CC(C)CNc1ccnc(C(=O)N(C)CCc2ccncc2)c1. The average Bonchev–Trinajstić information content (AvgIpc) is 2.58. The Bertz CT molecular complexity index is 628. The molecule has 0 bridgehead atoms. The molecule has 2 rings (SSSR count). The number of likely N-dealkylation sites (N-methyl/N-ethyl adjacent to an activating group) is 1. The van der Waals surface area contributed by atoms with E-state index in [4.69, 9.17) is 0 Å². The third-order valence-electron chi connectivity index (χ3n) is 3.53. The van der Waals surface area contributed by atoms with E-state index in [-0.39, 0.29) is 5.91 Å². The Labute approximate surface area is 137 Å². The number of amides is 1. The van der Waals surface area contributed by atoms with Gasteiger partial charge in [0, 0.05) is 44.4 Å². The number of anilines is 1. The Morgan fingerprint density at radius 2 is 1.96 bits per heavy atom. The summed E-state index contributed by atoms with van der Waals surface area (Å²) in [6.45, 7) is 5.81. The van der Waals surface area contributed by atoms with Crippen molar-refractivity contribution < 1.29 is 4.79 Å². The molecule has 1 N–H and O–H groups in total. The van der Waals surface area contributed by atoms with Gasteiger partial charge in [0.1, 0.15) is 5.69 Å². The molecule has 2 aromatic rings. The highest BCUT2D eigenvalue weighted by atomic mass is 16.2. The molecule has 0 aliphatic rings. The molecule has 0 saturated carbocycles. The van der Waals surface area contributed by atoms with Gasteiger partial charge in [0.05, 0.1) is 0 Å². The van der Waals surface area contributed by atoms with Gasteiger partial charge in [-0.2, -0.15) is 0 Å². The van der Waals surface area contributed by atoms with Crippen molar-refractivity contribution in [1.82, 2.24) is 14.9 Å². The van der Waals surface area contributed by atoms with Crippen LogP contribution in [0.5, 0.6) is 0 Å². The van der Waals surface area contributed by atoms with Crippen LogP contribution in [0.15, 0.2) is 42.9 Å². The van der Waals surface area contributed by atoms with Gasteiger partial charge in [0.2, 0.25) is 0 Å². The standard InChI is InChI=1S/C18H24N4O/c1-14(2)13-21-16-6-10-20-17(12-16)18(23)22(3)11-7-15-4-8-19-9-5-15/h4-6,8-10,12,14H,7,11,13H2,1-3H3,(H,20,21). The Morgan fingerprint density at radius 1 is 1.22 bits per heavy atom. The van der Waals surface area contributed by atoms with Crippen LogP contribution in [0.1, 0.15) is 29.9 Å². The van der Waals surface area contributed by atoms with Gasteiger partial charge in [-0.1, -0.05) is 13.8 Å². The van der Waals surface area contributed by atoms with E-state index in [1.807, 2.05) is 24.3 Å². The van der Waals surface area contributed by atoms with Crippen molar-refractivity contribution in [2.45, 2.75) is 20.3 Å². The molecule has 0 aliphatic carbocycles. The maximum atomic E-state index is 12.5. The summed E-state index contributed by atoms with van der Waals surface area (Å²) >= 11 is 0. The Hall–Kier alpha value is -2.43. The van der Waals surface area contributed by atoms with E-state index in [0.717, 1.165) is 18.7 Å². The fourth-order valence-corrected chi connectivity index (χ4v) is 2.12. The first-order valence-corrected chi connectivity index (χ1v) is 7.90. The van der Waals surface area contributed by atoms with E-state index in [9.17, 15) is 4.79 Å². The Kier molecular flexibility index (Phi) is 6.09. The number of aromatic nitrogens is 2. The minimum atomic E-state index is -0.0627. The molecule has 2 aromatic heterocycles. The molecule has 0 radical (unpaired) electrons. The van der Waals surface area contributed by atoms with E-state index in [1.165, 1.54) is 5.56 Å². The van der Waals surface area contributed by atoms with Crippen molar-refractivity contribution in [1.29, 1.82) is 0 Å². The van der Waals surface area contributed by atoms with Gasteiger partial charge in [-0.15, -0.1) is 0 Å². The zero-order valence-electron chi connectivity index (χ0n) is 14.0. The lowest BCUT2D eigenvalue weighted by Gasteiger charge is -2.17. The minimum Gasteiger partial charge on any atom is -0.385 e. The summed E-state index contributed by atoms with van der Waals surface area (Å²) in [6, 6.07) is 7.63. The zero-order chi connectivity index (χ0) is 16.7. The van der Waals surface area contributed by atoms with Crippen LogP contribution < -0.4 is 5.32 Å². The number of carbonyl (C=O) groups excluding carboxylic acids is 1. The van der Waals surface area contributed by atoms with Crippen LogP contribution in [0, 0.1) is 5.92 Å². The maximum absolute atomic E-state index is 12.5. The van der Waals surface area contributed by atoms with E-state index >= 15 is 0 Å². The average molecular weight is 312 g/mol. The first kappa shape index (κ1) is 16.9. The third-order valence-corrected chi connectivity index (χ3v) is 3.53.